The molecule has 0 saturated heterocycles. The van der Waals surface area contributed by atoms with E-state index in [9.17, 15) is 9.90 Å². The second-order valence-electron chi connectivity index (χ2n) is 6.07. The number of nitrogen functional groups attached to an aromatic ring is 1. The van der Waals surface area contributed by atoms with Crippen LogP contribution in [-0.4, -0.2) is 40.4 Å². The number of hydrogen-bond donors (Lipinski definition) is 2. The number of rotatable bonds is 4. The molecular weight excluding hydrogens is 326 g/mol. The summed E-state index contributed by atoms with van der Waals surface area (Å²) in [6.07, 6.45) is 4.81. The van der Waals surface area contributed by atoms with Crippen LogP contribution in [-0.2, 0) is 4.79 Å². The number of anilines is 1. The van der Waals surface area contributed by atoms with Crippen LogP contribution in [0.1, 0.15) is 18.9 Å². The van der Waals surface area contributed by atoms with Crippen LogP contribution >= 0.6 is 0 Å². The largest absolute Gasteiger partial charge is 0.480 e. The summed E-state index contributed by atoms with van der Waals surface area (Å²) in [5.41, 5.74) is 6.87. The van der Waals surface area contributed by atoms with Crippen molar-refractivity contribution in [1.29, 1.82) is 0 Å². The molecule has 0 amide bonds. The van der Waals surface area contributed by atoms with Crippen LogP contribution < -0.4 is 5.73 Å². The molecule has 5 rings (SSSR count). The number of fused-ring (bicyclic) bond motifs is 3. The first-order valence-electron chi connectivity index (χ1n) is 7.79. The van der Waals surface area contributed by atoms with E-state index in [1.54, 1.807) is 18.3 Å². The third-order valence-corrected chi connectivity index (χ3v) is 4.38. The molecule has 3 N–H and O–H groups in total. The second-order valence-corrected chi connectivity index (χ2v) is 6.07. The summed E-state index contributed by atoms with van der Waals surface area (Å²) in [5.74, 6) is 0.122. The van der Waals surface area contributed by atoms with Crippen molar-refractivity contribution in [3.05, 3.63) is 24.6 Å². The Morgan fingerprint density at radius 1 is 1.36 bits per heavy atom. The van der Waals surface area contributed by atoms with Crippen LogP contribution in [0.25, 0.3) is 28.3 Å². The van der Waals surface area contributed by atoms with E-state index < -0.39 is 12.0 Å². The lowest BCUT2D eigenvalue weighted by atomic mass is 10.2. The van der Waals surface area contributed by atoms with Gasteiger partial charge in [0, 0.05) is 0 Å². The maximum Gasteiger partial charge on any atom is 0.328 e. The highest BCUT2D eigenvalue weighted by Crippen LogP contribution is 2.40. The molecule has 0 spiro atoms. The van der Waals surface area contributed by atoms with Crippen LogP contribution in [0, 0.1) is 5.92 Å². The number of aliphatic carboxylic acids is 1. The van der Waals surface area contributed by atoms with Gasteiger partial charge in [0.05, 0.1) is 17.8 Å². The number of furan rings is 1. The van der Waals surface area contributed by atoms with E-state index >= 15 is 0 Å². The van der Waals surface area contributed by atoms with Crippen molar-refractivity contribution in [2.75, 3.05) is 5.73 Å². The van der Waals surface area contributed by atoms with E-state index in [0.717, 1.165) is 12.8 Å². The summed E-state index contributed by atoms with van der Waals surface area (Å²) >= 11 is 0. The lowest BCUT2D eigenvalue weighted by molar-refractivity contribution is -0.141. The number of aromatic nitrogens is 6. The van der Waals surface area contributed by atoms with Crippen molar-refractivity contribution in [1.82, 2.24) is 29.4 Å². The normalized spacial score (nSPS) is 15.8. The average Bonchev–Trinajstić information content (AvgIpc) is 3.01. The van der Waals surface area contributed by atoms with Crippen LogP contribution in [0.15, 0.2) is 29.0 Å². The van der Waals surface area contributed by atoms with Crippen LogP contribution in [0.2, 0.25) is 0 Å². The van der Waals surface area contributed by atoms with Crippen LogP contribution in [0.5, 0.6) is 0 Å². The van der Waals surface area contributed by atoms with Crippen molar-refractivity contribution in [2.45, 2.75) is 18.9 Å². The number of nitrogens with two attached hydrogens (primary N) is 1. The number of carbonyl (C=O) groups is 1. The first-order valence-corrected chi connectivity index (χ1v) is 7.79. The van der Waals surface area contributed by atoms with Crippen LogP contribution in [0.3, 0.4) is 0 Å². The highest BCUT2D eigenvalue weighted by Gasteiger charge is 2.39. The van der Waals surface area contributed by atoms with E-state index in [2.05, 4.69) is 20.2 Å². The minimum atomic E-state index is -0.925. The quantitative estimate of drug-likeness (QED) is 0.568. The van der Waals surface area contributed by atoms with Gasteiger partial charge in [0.2, 0.25) is 11.8 Å². The molecule has 25 heavy (non-hydrogen) atoms. The average molecular weight is 339 g/mol. The van der Waals surface area contributed by atoms with Crippen molar-refractivity contribution in [3.8, 4) is 11.6 Å². The van der Waals surface area contributed by atoms with Crippen molar-refractivity contribution in [2.24, 2.45) is 5.92 Å². The van der Waals surface area contributed by atoms with Gasteiger partial charge >= 0.3 is 5.97 Å². The van der Waals surface area contributed by atoms with E-state index in [1.165, 1.54) is 15.5 Å². The van der Waals surface area contributed by atoms with Gasteiger partial charge in [-0.25, -0.2) is 14.5 Å². The fourth-order valence-corrected chi connectivity index (χ4v) is 3.06. The Morgan fingerprint density at radius 2 is 2.20 bits per heavy atom. The number of carboxylic acids is 1. The lowest BCUT2D eigenvalue weighted by Gasteiger charge is -2.12. The molecule has 4 aromatic heterocycles. The Kier molecular flexibility index (Phi) is 2.67. The first kappa shape index (κ1) is 14.0. The SMILES string of the molecule is Nc1nc2c(cnn2C(C(=O)O)C2CC2)c2nc(-c3ccco3)nn12. The minimum Gasteiger partial charge on any atom is -0.480 e. The highest BCUT2D eigenvalue weighted by atomic mass is 16.4. The van der Waals surface area contributed by atoms with Gasteiger partial charge in [0.25, 0.3) is 0 Å². The van der Waals surface area contributed by atoms with Gasteiger partial charge in [0.15, 0.2) is 23.1 Å². The molecule has 1 aliphatic carbocycles. The molecule has 1 atom stereocenters. The van der Waals surface area contributed by atoms with Gasteiger partial charge in [-0.2, -0.15) is 14.6 Å². The zero-order chi connectivity index (χ0) is 17.1. The zero-order valence-corrected chi connectivity index (χ0v) is 12.9. The van der Waals surface area contributed by atoms with Gasteiger partial charge in [-0.05, 0) is 30.9 Å². The summed E-state index contributed by atoms with van der Waals surface area (Å²) < 4.78 is 8.14. The molecule has 126 valence electrons. The lowest BCUT2D eigenvalue weighted by Crippen LogP contribution is -2.22. The molecule has 0 aliphatic heterocycles. The Bertz CT molecular complexity index is 1110. The van der Waals surface area contributed by atoms with E-state index in [0.29, 0.717) is 28.3 Å². The molecule has 1 saturated carbocycles. The van der Waals surface area contributed by atoms with Gasteiger partial charge in [0.1, 0.15) is 0 Å². The van der Waals surface area contributed by atoms with Crippen molar-refractivity contribution >= 4 is 28.6 Å². The maximum absolute atomic E-state index is 11.7. The van der Waals surface area contributed by atoms with Crippen molar-refractivity contribution < 1.29 is 14.3 Å². The van der Waals surface area contributed by atoms with E-state index in [4.69, 9.17) is 10.2 Å². The van der Waals surface area contributed by atoms with E-state index in [1.807, 2.05) is 0 Å². The molecule has 1 aliphatic rings. The molecule has 1 unspecified atom stereocenters. The molecule has 1 fully saturated rings. The summed E-state index contributed by atoms with van der Waals surface area (Å²) in [6.45, 7) is 0. The number of hydrogen-bond acceptors (Lipinski definition) is 7. The molecule has 0 radical (unpaired) electrons. The Labute approximate surface area is 139 Å². The monoisotopic (exact) mass is 339 g/mol. The topological polar surface area (TPSA) is 137 Å². The molecule has 0 bridgehead atoms. The molecule has 0 aromatic carbocycles. The fourth-order valence-electron chi connectivity index (χ4n) is 3.06. The predicted molar refractivity (Wildman–Crippen MR) is 85.6 cm³/mol. The van der Waals surface area contributed by atoms with E-state index in [-0.39, 0.29) is 11.9 Å². The first-order chi connectivity index (χ1) is 12.1. The molecule has 10 nitrogen and oxygen atoms in total. The van der Waals surface area contributed by atoms with Gasteiger partial charge in [-0.1, -0.05) is 0 Å². The smallest absolute Gasteiger partial charge is 0.328 e. The molecule has 4 heterocycles. The Balaban J connectivity index is 1.75. The Morgan fingerprint density at radius 3 is 2.88 bits per heavy atom. The summed E-state index contributed by atoms with van der Waals surface area (Å²) in [6, 6.07) is 2.73. The third-order valence-electron chi connectivity index (χ3n) is 4.38. The van der Waals surface area contributed by atoms with Crippen molar-refractivity contribution in [3.63, 3.8) is 0 Å². The predicted octanol–water partition coefficient (Wildman–Crippen LogP) is 1.35. The minimum absolute atomic E-state index is 0.0661. The highest BCUT2D eigenvalue weighted by molar-refractivity contribution is 5.91. The fraction of sp³-hybridized carbons (Fsp3) is 0.267. The number of nitrogens with zero attached hydrogens (tertiary/aromatic N) is 6. The maximum atomic E-state index is 11.7. The molecule has 10 heteroatoms. The zero-order valence-electron chi connectivity index (χ0n) is 12.9. The molecular formula is C15H13N7O3. The van der Waals surface area contributed by atoms with Gasteiger partial charge in [-0.3, -0.25) is 0 Å². The Hall–Kier alpha value is -3.43. The number of carboxylic acid groups (broad SMARTS) is 1. The third kappa shape index (κ3) is 2.00. The van der Waals surface area contributed by atoms with Gasteiger partial charge in [-0.15, -0.1) is 5.10 Å². The summed E-state index contributed by atoms with van der Waals surface area (Å²) in [7, 11) is 0. The van der Waals surface area contributed by atoms with Crippen LogP contribution in [0.4, 0.5) is 5.95 Å². The summed E-state index contributed by atoms with van der Waals surface area (Å²) in [4.78, 5) is 20.4. The van der Waals surface area contributed by atoms with Gasteiger partial charge < -0.3 is 15.3 Å². The molecule has 4 aromatic rings. The summed E-state index contributed by atoms with van der Waals surface area (Å²) in [5, 5.41) is 18.7. The second kappa shape index (κ2) is 4.79. The standard InChI is InChI=1S/C15H13N7O3/c16-15-19-13-8(6-17-21(13)10(14(23)24)7-3-4-7)12-18-11(20-22(12)15)9-2-1-5-25-9/h1-2,5-7,10H,3-4H2,(H2,16,19)(H,23,24).